The van der Waals surface area contributed by atoms with Gasteiger partial charge in [0.05, 0.1) is 5.67 Å². The Bertz CT molecular complexity index is 209. The maximum Gasteiger partial charge on any atom is 0.234 e. The van der Waals surface area contributed by atoms with Gasteiger partial charge in [-0.15, -0.1) is 0 Å². The fraction of sp³-hybridized carbons (Fsp3) is 0.909. The Morgan fingerprint density at radius 2 is 1.87 bits per heavy atom. The minimum Gasteiger partial charge on any atom is -0.211 e. The van der Waals surface area contributed by atoms with E-state index in [2.05, 4.69) is 11.9 Å². The van der Waals surface area contributed by atoms with Gasteiger partial charge in [0.25, 0.3) is 0 Å². The molecule has 0 aliphatic rings. The van der Waals surface area contributed by atoms with E-state index in [0.717, 1.165) is 12.8 Å². The molecule has 0 amide bonds. The normalized spacial score (nSPS) is 13.3. The molecule has 0 bridgehead atoms. The van der Waals surface area contributed by atoms with E-state index in [0.29, 0.717) is 0 Å². The summed E-state index contributed by atoms with van der Waals surface area (Å²) in [4.78, 5) is 14.1. The molecule has 0 heterocycles. The number of nitrogens with zero attached hydrogens (tertiary/aromatic N) is 1. The van der Waals surface area contributed by atoms with Crippen molar-refractivity contribution in [2.45, 2.75) is 64.2 Å². The highest BCUT2D eigenvalue weighted by Gasteiger charge is 2.29. The van der Waals surface area contributed by atoms with Gasteiger partial charge in [0, 0.05) is 0 Å². The average Bonchev–Trinajstić information content (AvgIpc) is 2.14. The monoisotopic (exact) mass is 247 g/mol. The van der Waals surface area contributed by atoms with Crippen molar-refractivity contribution in [1.29, 1.82) is 0 Å². The molecular formula is C11H22ClNOSi. The van der Waals surface area contributed by atoms with Gasteiger partial charge in [-0.2, -0.15) is 11.1 Å². The van der Waals surface area contributed by atoms with Gasteiger partial charge in [-0.25, -0.2) is 9.79 Å². The molecular weight excluding hydrogens is 226 g/mol. The molecule has 0 aromatic rings. The maximum atomic E-state index is 10.3. The molecule has 0 unspecified atom stereocenters. The van der Waals surface area contributed by atoms with E-state index >= 15 is 0 Å². The first-order valence-electron chi connectivity index (χ1n) is 5.78. The van der Waals surface area contributed by atoms with Gasteiger partial charge in [-0.05, 0) is 6.42 Å². The predicted octanol–water partition coefficient (Wildman–Crippen LogP) is 4.03. The summed E-state index contributed by atoms with van der Waals surface area (Å²) in [6, 6.07) is 0. The number of halogens is 1. The smallest absolute Gasteiger partial charge is 0.211 e. The quantitative estimate of drug-likeness (QED) is 0.209. The van der Waals surface area contributed by atoms with Crippen molar-refractivity contribution >= 4 is 24.5 Å². The number of hydrogen-bond acceptors (Lipinski definition) is 2. The number of rotatable bonds is 8. The third kappa shape index (κ3) is 7.77. The van der Waals surface area contributed by atoms with Crippen LogP contribution < -0.4 is 0 Å². The number of isocyanates is 1. The van der Waals surface area contributed by atoms with Gasteiger partial charge in [-0.1, -0.05) is 52.1 Å². The second-order valence-corrected chi connectivity index (χ2v) is 11.2. The first-order valence-corrected chi connectivity index (χ1v) is 9.87. The van der Waals surface area contributed by atoms with Crippen LogP contribution in [0, 0.1) is 0 Å². The Morgan fingerprint density at radius 1 is 1.27 bits per heavy atom. The lowest BCUT2D eigenvalue weighted by atomic mass is 10.1. The standard InChI is InChI=1S/C11H22ClNOSi/c1-4-5-6-7-8-9-11(13-10-14)15(2,3)12/h11H,4-9H2,1-3H3/t11-/m0/s1. The molecule has 0 aliphatic heterocycles. The van der Waals surface area contributed by atoms with E-state index in [1.807, 2.05) is 13.1 Å². The molecule has 0 rings (SSSR count). The second-order valence-electron chi connectivity index (χ2n) is 4.50. The highest BCUT2D eigenvalue weighted by Crippen LogP contribution is 2.21. The zero-order valence-electron chi connectivity index (χ0n) is 10.1. The number of hydrogen-bond donors (Lipinski definition) is 0. The van der Waals surface area contributed by atoms with Crippen LogP contribution in [0.3, 0.4) is 0 Å². The Labute approximate surface area is 98.8 Å². The van der Waals surface area contributed by atoms with Crippen molar-refractivity contribution in [2.24, 2.45) is 4.99 Å². The summed E-state index contributed by atoms with van der Waals surface area (Å²) in [6.07, 6.45) is 8.77. The molecule has 1 atom stereocenters. The zero-order valence-corrected chi connectivity index (χ0v) is 11.8. The minimum absolute atomic E-state index is 0.0401. The first kappa shape index (κ1) is 14.9. The molecule has 0 aliphatic carbocycles. The number of carbonyl (C=O) groups excluding carboxylic acids is 1. The summed E-state index contributed by atoms with van der Waals surface area (Å²) < 4.78 is 0. The van der Waals surface area contributed by atoms with Crippen LogP contribution in [0.4, 0.5) is 0 Å². The molecule has 15 heavy (non-hydrogen) atoms. The molecule has 2 nitrogen and oxygen atoms in total. The molecule has 0 aromatic carbocycles. The topological polar surface area (TPSA) is 29.4 Å². The fourth-order valence-electron chi connectivity index (χ4n) is 1.57. The van der Waals surface area contributed by atoms with E-state index in [9.17, 15) is 4.79 Å². The fourth-order valence-corrected chi connectivity index (χ4v) is 3.29. The van der Waals surface area contributed by atoms with Crippen LogP contribution >= 0.6 is 11.1 Å². The molecule has 4 heteroatoms. The lowest BCUT2D eigenvalue weighted by molar-refractivity contribution is 0.555. The third-order valence-corrected chi connectivity index (χ3v) is 5.34. The Kier molecular flexibility index (Phi) is 8.03. The Morgan fingerprint density at radius 3 is 2.33 bits per heavy atom. The molecule has 0 fully saturated rings. The van der Waals surface area contributed by atoms with Crippen LogP contribution in [0.25, 0.3) is 0 Å². The zero-order chi connectivity index (χ0) is 11.7. The van der Waals surface area contributed by atoms with Crippen molar-refractivity contribution in [2.75, 3.05) is 0 Å². The van der Waals surface area contributed by atoms with Crippen LogP contribution in [0.1, 0.15) is 45.4 Å². The van der Waals surface area contributed by atoms with Gasteiger partial charge in [0.2, 0.25) is 6.08 Å². The van der Waals surface area contributed by atoms with E-state index < -0.39 is 7.38 Å². The minimum atomic E-state index is -1.83. The van der Waals surface area contributed by atoms with Crippen molar-refractivity contribution in [3.63, 3.8) is 0 Å². The third-order valence-electron chi connectivity index (χ3n) is 2.58. The lowest BCUT2D eigenvalue weighted by Gasteiger charge is -2.20. The summed E-state index contributed by atoms with van der Waals surface area (Å²) in [5.41, 5.74) is 0.0401. The van der Waals surface area contributed by atoms with E-state index in [4.69, 9.17) is 11.1 Å². The van der Waals surface area contributed by atoms with E-state index in [1.54, 1.807) is 6.08 Å². The molecule has 0 N–H and O–H groups in total. The van der Waals surface area contributed by atoms with Crippen molar-refractivity contribution in [3.8, 4) is 0 Å². The van der Waals surface area contributed by atoms with E-state index in [-0.39, 0.29) is 5.67 Å². The average molecular weight is 248 g/mol. The van der Waals surface area contributed by atoms with Crippen molar-refractivity contribution in [1.82, 2.24) is 0 Å². The molecule has 0 aromatic heterocycles. The van der Waals surface area contributed by atoms with Crippen LogP contribution in [0.15, 0.2) is 4.99 Å². The van der Waals surface area contributed by atoms with Crippen molar-refractivity contribution < 1.29 is 4.79 Å². The highest BCUT2D eigenvalue weighted by molar-refractivity contribution is 7.19. The summed E-state index contributed by atoms with van der Waals surface area (Å²) >= 11 is 6.28. The van der Waals surface area contributed by atoms with Gasteiger partial charge in [0.15, 0.2) is 7.38 Å². The maximum absolute atomic E-state index is 10.3. The van der Waals surface area contributed by atoms with Crippen LogP contribution in [-0.4, -0.2) is 19.1 Å². The van der Waals surface area contributed by atoms with Crippen LogP contribution in [0.5, 0.6) is 0 Å². The summed E-state index contributed by atoms with van der Waals surface area (Å²) in [5, 5.41) is 0. The van der Waals surface area contributed by atoms with E-state index in [1.165, 1.54) is 25.7 Å². The second kappa shape index (κ2) is 8.09. The molecule has 0 radical (unpaired) electrons. The van der Waals surface area contributed by atoms with Gasteiger partial charge >= 0.3 is 0 Å². The van der Waals surface area contributed by atoms with Crippen LogP contribution in [0.2, 0.25) is 13.1 Å². The first-order chi connectivity index (χ1) is 7.02. The van der Waals surface area contributed by atoms with Gasteiger partial charge < -0.3 is 0 Å². The number of aliphatic imine (C=N–C) groups is 1. The predicted molar refractivity (Wildman–Crippen MR) is 68.6 cm³/mol. The van der Waals surface area contributed by atoms with Crippen molar-refractivity contribution in [3.05, 3.63) is 0 Å². The molecule has 88 valence electrons. The Balaban J connectivity index is 3.83. The largest absolute Gasteiger partial charge is 0.234 e. The summed E-state index contributed by atoms with van der Waals surface area (Å²) in [7, 11) is -1.83. The lowest BCUT2D eigenvalue weighted by Crippen LogP contribution is -2.34. The van der Waals surface area contributed by atoms with Gasteiger partial charge in [0.1, 0.15) is 0 Å². The van der Waals surface area contributed by atoms with Crippen LogP contribution in [-0.2, 0) is 4.79 Å². The highest BCUT2D eigenvalue weighted by atomic mass is 35.6. The molecule has 0 saturated carbocycles. The molecule has 0 saturated heterocycles. The summed E-state index contributed by atoms with van der Waals surface area (Å²) in [5.74, 6) is 0. The van der Waals surface area contributed by atoms with Gasteiger partial charge in [-0.3, -0.25) is 0 Å². The summed E-state index contributed by atoms with van der Waals surface area (Å²) in [6.45, 7) is 6.27. The SMILES string of the molecule is CCCCCCC[C@@H](N=C=O)[Si](C)(C)Cl. The number of unbranched alkanes of at least 4 members (excludes halogenated alkanes) is 4. The Hall–Kier alpha value is -0.113. The molecule has 0 spiro atoms.